The van der Waals surface area contributed by atoms with Gasteiger partial charge in [-0.2, -0.15) is 0 Å². The number of unbranched alkanes of at least 4 members (excludes halogenated alkanes) is 5. The van der Waals surface area contributed by atoms with Gasteiger partial charge in [-0.3, -0.25) is 0 Å². The van der Waals surface area contributed by atoms with Crippen LogP contribution in [0.4, 0.5) is 0 Å². The first kappa shape index (κ1) is 17.9. The van der Waals surface area contributed by atoms with Crippen LogP contribution in [0.5, 0.6) is 0 Å². The van der Waals surface area contributed by atoms with Gasteiger partial charge in [-0.15, -0.1) is 0 Å². The SMILES string of the molecule is CCCCCCCCc1ccc(C(=O)O)c(CS(=O)O)c1. The third-order valence-electron chi connectivity index (χ3n) is 3.50. The fourth-order valence-corrected chi connectivity index (χ4v) is 2.88. The second-order valence-corrected chi connectivity index (χ2v) is 6.21. The molecule has 1 unspecified atom stereocenters. The van der Waals surface area contributed by atoms with E-state index in [-0.39, 0.29) is 11.3 Å². The van der Waals surface area contributed by atoms with Gasteiger partial charge in [0.2, 0.25) is 0 Å². The zero-order valence-corrected chi connectivity index (χ0v) is 13.3. The maximum atomic E-state index is 11.1. The van der Waals surface area contributed by atoms with Crippen LogP contribution in [-0.2, 0) is 23.3 Å². The maximum absolute atomic E-state index is 11.1. The van der Waals surface area contributed by atoms with Crippen molar-refractivity contribution < 1.29 is 18.7 Å². The second kappa shape index (κ2) is 9.68. The van der Waals surface area contributed by atoms with E-state index in [0.717, 1.165) is 18.4 Å². The minimum Gasteiger partial charge on any atom is -0.478 e. The number of hydrogen-bond donors (Lipinski definition) is 2. The molecule has 1 rings (SSSR count). The minimum absolute atomic E-state index is 0.115. The molecular weight excluding hydrogens is 288 g/mol. The molecule has 0 saturated heterocycles. The van der Waals surface area contributed by atoms with Crippen LogP contribution in [0.3, 0.4) is 0 Å². The molecule has 1 atom stereocenters. The third-order valence-corrected chi connectivity index (χ3v) is 4.06. The fraction of sp³-hybridized carbons (Fsp3) is 0.562. The van der Waals surface area contributed by atoms with E-state index in [1.54, 1.807) is 12.1 Å². The van der Waals surface area contributed by atoms with Gasteiger partial charge in [-0.05, 0) is 30.0 Å². The first-order valence-electron chi connectivity index (χ1n) is 7.47. The Morgan fingerprint density at radius 2 is 1.81 bits per heavy atom. The van der Waals surface area contributed by atoms with Gasteiger partial charge in [0.25, 0.3) is 0 Å². The highest BCUT2D eigenvalue weighted by molar-refractivity contribution is 7.78. The molecule has 0 spiro atoms. The molecule has 1 aromatic rings. The highest BCUT2D eigenvalue weighted by atomic mass is 32.2. The van der Waals surface area contributed by atoms with E-state index < -0.39 is 17.0 Å². The van der Waals surface area contributed by atoms with Crippen LogP contribution in [0.2, 0.25) is 0 Å². The number of carboxylic acids is 1. The summed E-state index contributed by atoms with van der Waals surface area (Å²) in [6.07, 6.45) is 8.13. The zero-order chi connectivity index (χ0) is 15.7. The van der Waals surface area contributed by atoms with Crippen molar-refractivity contribution in [2.45, 2.75) is 57.6 Å². The predicted molar refractivity (Wildman–Crippen MR) is 85.0 cm³/mol. The Hall–Kier alpha value is -1.20. The second-order valence-electron chi connectivity index (χ2n) is 5.28. The van der Waals surface area contributed by atoms with Crippen LogP contribution in [-0.4, -0.2) is 19.8 Å². The Kier molecular flexibility index (Phi) is 8.23. The van der Waals surface area contributed by atoms with E-state index in [1.165, 1.54) is 38.2 Å². The summed E-state index contributed by atoms with van der Waals surface area (Å²) in [7, 11) is 0. The van der Waals surface area contributed by atoms with Crippen molar-refractivity contribution in [3.63, 3.8) is 0 Å². The van der Waals surface area contributed by atoms with Gasteiger partial charge >= 0.3 is 5.97 Å². The van der Waals surface area contributed by atoms with Crippen LogP contribution < -0.4 is 0 Å². The summed E-state index contributed by atoms with van der Waals surface area (Å²) in [5.41, 5.74) is 1.59. The van der Waals surface area contributed by atoms with Gasteiger partial charge in [0, 0.05) is 0 Å². The summed E-state index contributed by atoms with van der Waals surface area (Å²) in [6.45, 7) is 2.19. The number of aromatic carboxylic acids is 1. The largest absolute Gasteiger partial charge is 0.478 e. The van der Waals surface area contributed by atoms with Gasteiger partial charge in [-0.1, -0.05) is 51.2 Å². The summed E-state index contributed by atoms with van der Waals surface area (Å²) in [4.78, 5) is 11.1. The molecule has 118 valence electrons. The smallest absolute Gasteiger partial charge is 0.335 e. The van der Waals surface area contributed by atoms with Crippen LogP contribution in [0.15, 0.2) is 18.2 Å². The monoisotopic (exact) mass is 312 g/mol. The lowest BCUT2D eigenvalue weighted by Gasteiger charge is -2.08. The minimum atomic E-state index is -2.03. The highest BCUT2D eigenvalue weighted by Crippen LogP contribution is 2.17. The Morgan fingerprint density at radius 3 is 2.43 bits per heavy atom. The van der Waals surface area contributed by atoms with Crippen molar-refractivity contribution in [3.8, 4) is 0 Å². The van der Waals surface area contributed by atoms with E-state index in [9.17, 15) is 9.00 Å². The molecule has 5 heteroatoms. The molecule has 0 heterocycles. The van der Waals surface area contributed by atoms with Crippen LogP contribution in [0.25, 0.3) is 0 Å². The molecule has 0 aliphatic rings. The van der Waals surface area contributed by atoms with Crippen LogP contribution in [0, 0.1) is 0 Å². The molecule has 21 heavy (non-hydrogen) atoms. The molecule has 0 amide bonds. The molecule has 0 aromatic heterocycles. The van der Waals surface area contributed by atoms with Crippen molar-refractivity contribution >= 4 is 17.0 Å². The summed E-state index contributed by atoms with van der Waals surface area (Å²) in [6, 6.07) is 5.10. The van der Waals surface area contributed by atoms with Gasteiger partial charge < -0.3 is 9.66 Å². The summed E-state index contributed by atoms with van der Waals surface area (Å²) >= 11 is -2.03. The quantitative estimate of drug-likeness (QED) is 0.505. The van der Waals surface area contributed by atoms with Crippen molar-refractivity contribution in [1.82, 2.24) is 0 Å². The zero-order valence-electron chi connectivity index (χ0n) is 12.5. The number of hydrogen-bond acceptors (Lipinski definition) is 2. The third kappa shape index (κ3) is 6.87. The van der Waals surface area contributed by atoms with Gasteiger partial charge in [-0.25, -0.2) is 9.00 Å². The normalized spacial score (nSPS) is 12.3. The molecule has 0 saturated carbocycles. The molecular formula is C16H24O4S. The first-order chi connectivity index (χ1) is 10.0. The predicted octanol–water partition coefficient (Wildman–Crippen LogP) is 4.01. The van der Waals surface area contributed by atoms with Gasteiger partial charge in [0.15, 0.2) is 11.1 Å². The lowest BCUT2D eigenvalue weighted by atomic mass is 10.0. The van der Waals surface area contributed by atoms with E-state index in [2.05, 4.69) is 6.92 Å². The van der Waals surface area contributed by atoms with Gasteiger partial charge in [0.1, 0.15) is 0 Å². The molecule has 4 nitrogen and oxygen atoms in total. The van der Waals surface area contributed by atoms with E-state index >= 15 is 0 Å². The number of rotatable bonds is 10. The summed E-state index contributed by atoms with van der Waals surface area (Å²) in [5.74, 6) is -1.19. The molecule has 0 aliphatic carbocycles. The van der Waals surface area contributed by atoms with Crippen molar-refractivity contribution in [2.75, 3.05) is 0 Å². The molecule has 0 aliphatic heterocycles. The fourth-order valence-electron chi connectivity index (χ4n) is 2.37. The van der Waals surface area contributed by atoms with E-state index in [1.807, 2.05) is 0 Å². The lowest BCUT2D eigenvalue weighted by Crippen LogP contribution is -2.06. The van der Waals surface area contributed by atoms with Crippen LogP contribution in [0.1, 0.15) is 66.9 Å². The summed E-state index contributed by atoms with van der Waals surface area (Å²) in [5, 5.41) is 9.09. The highest BCUT2D eigenvalue weighted by Gasteiger charge is 2.12. The van der Waals surface area contributed by atoms with Crippen molar-refractivity contribution in [1.29, 1.82) is 0 Å². The van der Waals surface area contributed by atoms with Gasteiger partial charge in [0.05, 0.1) is 11.3 Å². The molecule has 0 bridgehead atoms. The maximum Gasteiger partial charge on any atom is 0.335 e. The Bertz CT molecular complexity index is 485. The topological polar surface area (TPSA) is 74.6 Å². The Morgan fingerprint density at radius 1 is 1.14 bits per heavy atom. The molecule has 1 aromatic carbocycles. The number of carboxylic acid groups (broad SMARTS) is 1. The average molecular weight is 312 g/mol. The first-order valence-corrected chi connectivity index (χ1v) is 8.74. The lowest BCUT2D eigenvalue weighted by molar-refractivity contribution is 0.0696. The number of carbonyl (C=O) groups is 1. The van der Waals surface area contributed by atoms with Crippen LogP contribution >= 0.6 is 0 Å². The molecule has 0 radical (unpaired) electrons. The van der Waals surface area contributed by atoms with Crippen molar-refractivity contribution in [3.05, 3.63) is 34.9 Å². The molecule has 2 N–H and O–H groups in total. The standard InChI is InChI=1S/C16H24O4S/c1-2-3-4-5-6-7-8-13-9-10-15(16(17)18)14(11-13)12-21(19)20/h9-11H,2-8,12H2,1H3,(H,17,18)(H,19,20). The number of aryl methyl sites for hydroxylation is 1. The summed E-state index contributed by atoms with van der Waals surface area (Å²) < 4.78 is 19.9. The van der Waals surface area contributed by atoms with Crippen molar-refractivity contribution in [2.24, 2.45) is 0 Å². The Balaban J connectivity index is 2.59. The average Bonchev–Trinajstić information content (AvgIpc) is 2.42. The molecule has 0 fully saturated rings. The number of benzene rings is 1. The van der Waals surface area contributed by atoms with E-state index in [0.29, 0.717) is 5.56 Å². The Labute approximate surface area is 128 Å². The van der Waals surface area contributed by atoms with E-state index in [4.69, 9.17) is 9.66 Å².